The zero-order valence-electron chi connectivity index (χ0n) is 8.44. The van der Waals surface area contributed by atoms with Crippen LogP contribution < -0.4 is 0 Å². The van der Waals surface area contributed by atoms with Gasteiger partial charge >= 0.3 is 6.18 Å². The highest BCUT2D eigenvalue weighted by atomic mass is 19.4. The molecule has 90 valence electrons. The average molecular weight is 243 g/mol. The molecule has 0 aliphatic rings. The molecule has 1 heterocycles. The van der Waals surface area contributed by atoms with Crippen LogP contribution in [0.25, 0.3) is 0 Å². The normalized spacial score (nSPS) is 13.6. The topological polar surface area (TPSA) is 61.8 Å². The largest absolute Gasteiger partial charge is 0.416 e. The number of hydrogen-bond donors (Lipinski definition) is 2. The Labute approximate surface area is 94.1 Å². The maximum Gasteiger partial charge on any atom is 0.416 e. The molecule has 0 aliphatic carbocycles. The fraction of sp³-hybridized carbons (Fsp3) is 0.200. The summed E-state index contributed by atoms with van der Waals surface area (Å²) in [5.41, 5.74) is -0.704. The Morgan fingerprint density at radius 3 is 2.65 bits per heavy atom. The number of aliphatic hydroxyl groups is 1. The maximum atomic E-state index is 12.5. The van der Waals surface area contributed by atoms with Gasteiger partial charge in [-0.2, -0.15) is 18.3 Å². The molecule has 1 aromatic carbocycles. The lowest BCUT2D eigenvalue weighted by molar-refractivity contribution is -0.137. The summed E-state index contributed by atoms with van der Waals surface area (Å²) in [7, 11) is 0. The van der Waals surface area contributed by atoms with Gasteiger partial charge in [0, 0.05) is 0 Å². The van der Waals surface area contributed by atoms with Crippen LogP contribution in [0.2, 0.25) is 0 Å². The number of aromatic nitrogens is 3. The van der Waals surface area contributed by atoms with Crippen LogP contribution in [0.3, 0.4) is 0 Å². The number of rotatable bonds is 2. The van der Waals surface area contributed by atoms with E-state index in [1.165, 1.54) is 18.5 Å². The van der Waals surface area contributed by atoms with Gasteiger partial charge in [-0.15, -0.1) is 0 Å². The minimum atomic E-state index is -4.43. The highest BCUT2D eigenvalue weighted by molar-refractivity contribution is 5.29. The molecule has 1 atom stereocenters. The number of nitrogens with one attached hydrogen (secondary N) is 1. The first kappa shape index (κ1) is 11.6. The average Bonchev–Trinajstić information content (AvgIpc) is 2.80. The van der Waals surface area contributed by atoms with E-state index in [-0.39, 0.29) is 11.4 Å². The SMILES string of the molecule is OC(c1cccc(C(F)(F)F)c1)c1ncn[nH]1. The second-order valence-electron chi connectivity index (χ2n) is 3.40. The van der Waals surface area contributed by atoms with Gasteiger partial charge < -0.3 is 5.11 Å². The first-order valence-electron chi connectivity index (χ1n) is 4.69. The van der Waals surface area contributed by atoms with E-state index in [0.717, 1.165) is 12.1 Å². The molecule has 0 saturated carbocycles. The Morgan fingerprint density at radius 1 is 1.29 bits per heavy atom. The molecular weight excluding hydrogens is 235 g/mol. The van der Waals surface area contributed by atoms with Crippen LogP contribution in [0.15, 0.2) is 30.6 Å². The molecule has 0 radical (unpaired) electrons. The second-order valence-corrected chi connectivity index (χ2v) is 3.40. The zero-order valence-corrected chi connectivity index (χ0v) is 8.44. The van der Waals surface area contributed by atoms with E-state index in [1.54, 1.807) is 0 Å². The lowest BCUT2D eigenvalue weighted by Gasteiger charge is -2.11. The molecule has 0 spiro atoms. The molecule has 2 aromatic rings. The first-order chi connectivity index (χ1) is 7.98. The van der Waals surface area contributed by atoms with Gasteiger partial charge in [0.1, 0.15) is 12.4 Å². The highest BCUT2D eigenvalue weighted by Gasteiger charge is 2.31. The molecule has 4 nitrogen and oxygen atoms in total. The summed E-state index contributed by atoms with van der Waals surface area (Å²) in [6, 6.07) is 4.45. The predicted octanol–water partition coefficient (Wildman–Crippen LogP) is 1.91. The molecule has 2 rings (SSSR count). The summed E-state index contributed by atoms with van der Waals surface area (Å²) in [6.07, 6.45) is -4.51. The number of benzene rings is 1. The maximum absolute atomic E-state index is 12.5. The van der Waals surface area contributed by atoms with Crippen LogP contribution in [-0.4, -0.2) is 20.3 Å². The number of H-pyrrole nitrogens is 1. The second kappa shape index (κ2) is 4.17. The predicted molar refractivity (Wildman–Crippen MR) is 51.9 cm³/mol. The van der Waals surface area contributed by atoms with Crippen molar-refractivity contribution >= 4 is 0 Å². The third-order valence-electron chi connectivity index (χ3n) is 2.22. The van der Waals surface area contributed by atoms with Crippen LogP contribution in [0.4, 0.5) is 13.2 Å². The van der Waals surface area contributed by atoms with Crippen molar-refractivity contribution in [2.45, 2.75) is 12.3 Å². The summed E-state index contributed by atoms with van der Waals surface area (Å²) in [5, 5.41) is 15.7. The summed E-state index contributed by atoms with van der Waals surface area (Å²) in [5.74, 6) is 0.101. The smallest absolute Gasteiger partial charge is 0.380 e. The monoisotopic (exact) mass is 243 g/mol. The molecule has 0 bridgehead atoms. The van der Waals surface area contributed by atoms with Gasteiger partial charge in [-0.3, -0.25) is 5.10 Å². The van der Waals surface area contributed by atoms with Crippen molar-refractivity contribution in [3.63, 3.8) is 0 Å². The first-order valence-corrected chi connectivity index (χ1v) is 4.69. The summed E-state index contributed by atoms with van der Waals surface area (Å²) in [6.45, 7) is 0. The van der Waals surface area contributed by atoms with Gasteiger partial charge in [0.2, 0.25) is 0 Å². The van der Waals surface area contributed by atoms with Crippen molar-refractivity contribution in [3.8, 4) is 0 Å². The minimum Gasteiger partial charge on any atom is -0.380 e. The van der Waals surface area contributed by atoms with Gasteiger partial charge in [0.15, 0.2) is 5.82 Å². The van der Waals surface area contributed by atoms with Gasteiger partial charge in [-0.1, -0.05) is 12.1 Å². The molecule has 17 heavy (non-hydrogen) atoms. The van der Waals surface area contributed by atoms with Gasteiger partial charge in [0.25, 0.3) is 0 Å². The molecule has 2 N–H and O–H groups in total. The third kappa shape index (κ3) is 2.44. The Balaban J connectivity index is 2.34. The van der Waals surface area contributed by atoms with E-state index in [0.29, 0.717) is 0 Å². The van der Waals surface area contributed by atoms with Gasteiger partial charge in [-0.25, -0.2) is 4.98 Å². The standard InChI is InChI=1S/C10H8F3N3O/c11-10(12,13)7-3-1-2-6(4-7)8(17)9-14-5-15-16-9/h1-5,8,17H,(H,14,15,16). The number of halogens is 3. The molecule has 0 amide bonds. The summed E-state index contributed by atoms with van der Waals surface area (Å²) >= 11 is 0. The number of alkyl halides is 3. The van der Waals surface area contributed by atoms with Crippen molar-refractivity contribution in [3.05, 3.63) is 47.5 Å². The number of aliphatic hydroxyl groups excluding tert-OH is 1. The van der Waals surface area contributed by atoms with E-state index in [4.69, 9.17) is 0 Å². The highest BCUT2D eigenvalue weighted by Crippen LogP contribution is 2.31. The molecule has 7 heteroatoms. The Kier molecular flexibility index (Phi) is 2.84. The van der Waals surface area contributed by atoms with Crippen molar-refractivity contribution < 1.29 is 18.3 Å². The van der Waals surface area contributed by atoms with Gasteiger partial charge in [0.05, 0.1) is 5.56 Å². The van der Waals surface area contributed by atoms with Crippen LogP contribution >= 0.6 is 0 Å². The molecule has 0 saturated heterocycles. The quantitative estimate of drug-likeness (QED) is 0.846. The molecular formula is C10H8F3N3O. The Morgan fingerprint density at radius 2 is 2.06 bits per heavy atom. The van der Waals surface area contributed by atoms with E-state index >= 15 is 0 Å². The van der Waals surface area contributed by atoms with Gasteiger partial charge in [-0.05, 0) is 17.7 Å². The van der Waals surface area contributed by atoms with Crippen LogP contribution in [0.1, 0.15) is 23.1 Å². The minimum absolute atomic E-state index is 0.101. The number of hydrogen-bond acceptors (Lipinski definition) is 3. The summed E-state index contributed by atoms with van der Waals surface area (Å²) in [4.78, 5) is 3.69. The van der Waals surface area contributed by atoms with E-state index in [1.807, 2.05) is 0 Å². The third-order valence-corrected chi connectivity index (χ3v) is 2.22. The molecule has 1 unspecified atom stereocenters. The van der Waals surface area contributed by atoms with E-state index in [2.05, 4.69) is 15.2 Å². The van der Waals surface area contributed by atoms with E-state index < -0.39 is 17.8 Å². The summed E-state index contributed by atoms with van der Waals surface area (Å²) < 4.78 is 37.4. The van der Waals surface area contributed by atoms with Crippen LogP contribution in [-0.2, 0) is 6.18 Å². The van der Waals surface area contributed by atoms with E-state index in [9.17, 15) is 18.3 Å². The lowest BCUT2D eigenvalue weighted by atomic mass is 10.1. The fourth-order valence-electron chi connectivity index (χ4n) is 1.39. The van der Waals surface area contributed by atoms with Crippen LogP contribution in [0.5, 0.6) is 0 Å². The van der Waals surface area contributed by atoms with Crippen molar-refractivity contribution in [1.82, 2.24) is 15.2 Å². The van der Waals surface area contributed by atoms with Crippen molar-refractivity contribution in [2.75, 3.05) is 0 Å². The van der Waals surface area contributed by atoms with Crippen molar-refractivity contribution in [2.24, 2.45) is 0 Å². The zero-order chi connectivity index (χ0) is 12.5. The lowest BCUT2D eigenvalue weighted by Crippen LogP contribution is -2.08. The van der Waals surface area contributed by atoms with Crippen molar-refractivity contribution in [1.29, 1.82) is 0 Å². The Bertz CT molecular complexity index is 496. The molecule has 0 aliphatic heterocycles. The fourth-order valence-corrected chi connectivity index (χ4v) is 1.39. The van der Waals surface area contributed by atoms with Crippen LogP contribution in [0, 0.1) is 0 Å². The number of nitrogens with zero attached hydrogens (tertiary/aromatic N) is 2. The molecule has 1 aromatic heterocycles. The Hall–Kier alpha value is -1.89. The molecule has 0 fully saturated rings. The number of aromatic amines is 1.